The zero-order valence-corrected chi connectivity index (χ0v) is 27.2. The highest BCUT2D eigenvalue weighted by molar-refractivity contribution is 7.89. The molecule has 46 heavy (non-hydrogen) atoms. The Hall–Kier alpha value is -3.97. The molecule has 13 heteroatoms. The number of aryl methyl sites for hydroxylation is 3. The van der Waals surface area contributed by atoms with Gasteiger partial charge in [0, 0.05) is 44.0 Å². The van der Waals surface area contributed by atoms with Gasteiger partial charge in [0.1, 0.15) is 10.7 Å². The summed E-state index contributed by atoms with van der Waals surface area (Å²) in [5.74, 6) is -0.841. The second kappa shape index (κ2) is 12.7. The lowest BCUT2D eigenvalue weighted by Gasteiger charge is -2.36. The van der Waals surface area contributed by atoms with Gasteiger partial charge in [-0.3, -0.25) is 9.20 Å². The molecule has 2 aliphatic heterocycles. The number of anilines is 1. The van der Waals surface area contributed by atoms with Gasteiger partial charge in [-0.25, -0.2) is 22.2 Å². The standard InChI is InChI=1S/C33H38F2N6O4S/c1-5-45-29(42)16-27(26-11-13-41-31(22(26)4)37-38-33(41)30(34)35)23-10-9-21(3)24(15-23)18-39-19-25-8-6-7-12-40(25)32-28(46(39,43)44)14-20(2)17-36-32/h9-11,13-15,17,25,27,30H,5-8,12,16,18-19H2,1-4H3/t25-,27?/m0/s1. The van der Waals surface area contributed by atoms with E-state index >= 15 is 0 Å². The van der Waals surface area contributed by atoms with Crippen LogP contribution in [0.25, 0.3) is 5.65 Å². The van der Waals surface area contributed by atoms with Crippen LogP contribution in [0.5, 0.6) is 0 Å². The maximum atomic E-state index is 14.2. The van der Waals surface area contributed by atoms with Crippen LogP contribution in [-0.2, 0) is 26.1 Å². The number of benzene rings is 1. The lowest BCUT2D eigenvalue weighted by Crippen LogP contribution is -2.45. The molecule has 0 N–H and O–H groups in total. The fourth-order valence-electron chi connectivity index (χ4n) is 6.74. The van der Waals surface area contributed by atoms with Crippen LogP contribution in [0.15, 0.2) is 47.6 Å². The second-order valence-corrected chi connectivity index (χ2v) is 14.1. The molecule has 2 atom stereocenters. The SMILES string of the molecule is CCOC(=O)CC(c1ccc(C)c(CN2C[C@@H]3CCCCN3c3ncc(C)cc3S2(=O)=O)c1)c1ccn2c(C(F)F)nnc2c1C. The first-order valence-electron chi connectivity index (χ1n) is 15.6. The van der Waals surface area contributed by atoms with Crippen LogP contribution in [0.1, 0.15) is 84.2 Å². The number of ether oxygens (including phenoxy) is 1. The molecule has 0 radical (unpaired) electrons. The molecule has 0 saturated carbocycles. The topological polar surface area (TPSA) is 110 Å². The van der Waals surface area contributed by atoms with E-state index in [-0.39, 0.29) is 36.2 Å². The molecule has 6 rings (SSSR count). The van der Waals surface area contributed by atoms with Gasteiger partial charge >= 0.3 is 5.97 Å². The zero-order valence-electron chi connectivity index (χ0n) is 26.4. The molecular formula is C33H38F2N6O4S. The highest BCUT2D eigenvalue weighted by Crippen LogP contribution is 2.38. The minimum Gasteiger partial charge on any atom is -0.466 e. The highest BCUT2D eigenvalue weighted by Gasteiger charge is 2.39. The first-order valence-corrected chi connectivity index (χ1v) is 17.0. The summed E-state index contributed by atoms with van der Waals surface area (Å²) in [7, 11) is -3.89. The number of nitrogens with zero attached hydrogens (tertiary/aromatic N) is 6. The minimum absolute atomic E-state index is 0.000560. The van der Waals surface area contributed by atoms with Crippen molar-refractivity contribution in [1.82, 2.24) is 23.9 Å². The van der Waals surface area contributed by atoms with Crippen molar-refractivity contribution in [2.45, 2.75) is 83.2 Å². The van der Waals surface area contributed by atoms with Crippen LogP contribution < -0.4 is 4.90 Å². The number of rotatable bonds is 8. The van der Waals surface area contributed by atoms with Crippen molar-refractivity contribution < 1.29 is 26.7 Å². The van der Waals surface area contributed by atoms with E-state index in [0.29, 0.717) is 17.9 Å². The third-order valence-corrected chi connectivity index (χ3v) is 11.0. The van der Waals surface area contributed by atoms with E-state index in [1.807, 2.05) is 32.0 Å². The molecule has 3 aromatic heterocycles. The van der Waals surface area contributed by atoms with Gasteiger partial charge in [-0.15, -0.1) is 10.2 Å². The van der Waals surface area contributed by atoms with Gasteiger partial charge in [0.05, 0.1) is 13.0 Å². The highest BCUT2D eigenvalue weighted by atomic mass is 32.2. The van der Waals surface area contributed by atoms with Crippen molar-refractivity contribution in [1.29, 1.82) is 0 Å². The van der Waals surface area contributed by atoms with E-state index in [0.717, 1.165) is 53.6 Å². The molecule has 0 aliphatic carbocycles. The van der Waals surface area contributed by atoms with E-state index < -0.39 is 34.2 Å². The summed E-state index contributed by atoms with van der Waals surface area (Å²) in [6.07, 6.45) is 3.31. The minimum atomic E-state index is -3.89. The van der Waals surface area contributed by atoms with Crippen molar-refractivity contribution in [3.63, 3.8) is 0 Å². The summed E-state index contributed by atoms with van der Waals surface area (Å²) >= 11 is 0. The van der Waals surface area contributed by atoms with Crippen LogP contribution >= 0.6 is 0 Å². The van der Waals surface area contributed by atoms with Gasteiger partial charge < -0.3 is 9.64 Å². The first-order chi connectivity index (χ1) is 22.0. The quantitative estimate of drug-likeness (QED) is 0.225. The fraction of sp³-hybridized carbons (Fsp3) is 0.455. The Kier molecular flexibility index (Phi) is 8.81. The molecule has 10 nitrogen and oxygen atoms in total. The molecule has 1 unspecified atom stereocenters. The van der Waals surface area contributed by atoms with Crippen LogP contribution in [0.3, 0.4) is 0 Å². The largest absolute Gasteiger partial charge is 0.466 e. The number of sulfonamides is 1. The Morgan fingerprint density at radius 3 is 2.67 bits per heavy atom. The molecule has 2 aliphatic rings. The Morgan fingerprint density at radius 1 is 1.11 bits per heavy atom. The summed E-state index contributed by atoms with van der Waals surface area (Å²) in [6.45, 7) is 8.75. The Balaban J connectivity index is 1.41. The summed E-state index contributed by atoms with van der Waals surface area (Å²) in [6, 6.07) is 9.23. The summed E-state index contributed by atoms with van der Waals surface area (Å²) in [5.41, 5.74) is 4.89. The van der Waals surface area contributed by atoms with Gasteiger partial charge in [-0.2, -0.15) is 4.31 Å². The molecule has 4 aromatic rings. The van der Waals surface area contributed by atoms with Crippen LogP contribution in [-0.4, -0.2) is 64.0 Å². The average Bonchev–Trinajstić information content (AvgIpc) is 3.44. The molecule has 244 valence electrons. The van der Waals surface area contributed by atoms with E-state index in [1.165, 1.54) is 10.6 Å². The van der Waals surface area contributed by atoms with E-state index in [1.54, 1.807) is 36.5 Å². The second-order valence-electron chi connectivity index (χ2n) is 12.2. The van der Waals surface area contributed by atoms with Gasteiger partial charge in [0.15, 0.2) is 5.65 Å². The summed E-state index contributed by atoms with van der Waals surface area (Å²) in [5, 5.41) is 7.70. The monoisotopic (exact) mass is 652 g/mol. The first kappa shape index (κ1) is 32.0. The Labute approximate surface area is 267 Å². The van der Waals surface area contributed by atoms with Crippen LogP contribution in [0.4, 0.5) is 14.6 Å². The van der Waals surface area contributed by atoms with E-state index in [9.17, 15) is 22.0 Å². The molecule has 1 aromatic carbocycles. The third kappa shape index (κ3) is 5.86. The van der Waals surface area contributed by atoms with E-state index in [4.69, 9.17) is 4.74 Å². The number of esters is 1. The smallest absolute Gasteiger partial charge is 0.306 e. The van der Waals surface area contributed by atoms with Crippen molar-refractivity contribution >= 4 is 27.5 Å². The Morgan fingerprint density at radius 2 is 1.91 bits per heavy atom. The van der Waals surface area contributed by atoms with Gasteiger partial charge in [0.25, 0.3) is 6.43 Å². The normalized spacial score (nSPS) is 18.7. The number of carbonyl (C=O) groups excluding carboxylic acids is 1. The summed E-state index contributed by atoms with van der Waals surface area (Å²) < 4.78 is 63.7. The number of pyridine rings is 2. The lowest BCUT2D eigenvalue weighted by atomic mass is 9.85. The number of hydrogen-bond acceptors (Lipinski definition) is 8. The molecular weight excluding hydrogens is 614 g/mol. The van der Waals surface area contributed by atoms with Gasteiger partial charge in [0.2, 0.25) is 15.8 Å². The number of fused-ring (bicyclic) bond motifs is 4. The molecule has 1 fully saturated rings. The maximum absolute atomic E-state index is 14.2. The molecule has 1 saturated heterocycles. The van der Waals surface area contributed by atoms with Crippen molar-refractivity contribution in [2.75, 3.05) is 24.6 Å². The molecule has 0 spiro atoms. The van der Waals surface area contributed by atoms with Crippen LogP contribution in [0.2, 0.25) is 0 Å². The molecule has 0 amide bonds. The predicted molar refractivity (Wildman–Crippen MR) is 169 cm³/mol. The number of halogens is 2. The number of piperidine rings is 1. The average molecular weight is 653 g/mol. The van der Waals surface area contributed by atoms with Crippen molar-refractivity contribution in [3.8, 4) is 0 Å². The number of carbonyl (C=O) groups is 1. The lowest BCUT2D eigenvalue weighted by molar-refractivity contribution is -0.143. The number of hydrogen-bond donors (Lipinski definition) is 0. The molecule has 0 bridgehead atoms. The zero-order chi connectivity index (χ0) is 32.7. The van der Waals surface area contributed by atoms with Gasteiger partial charge in [-0.05, 0) is 92.5 Å². The predicted octanol–water partition coefficient (Wildman–Crippen LogP) is 5.64. The third-order valence-electron chi connectivity index (χ3n) is 9.16. The fourth-order valence-corrected chi connectivity index (χ4v) is 8.43. The van der Waals surface area contributed by atoms with Crippen LogP contribution in [0, 0.1) is 20.8 Å². The van der Waals surface area contributed by atoms with Crippen molar-refractivity contribution in [3.05, 3.63) is 81.9 Å². The number of aromatic nitrogens is 4. The van der Waals surface area contributed by atoms with Gasteiger partial charge in [-0.1, -0.05) is 18.2 Å². The Bertz CT molecular complexity index is 1900. The maximum Gasteiger partial charge on any atom is 0.306 e. The summed E-state index contributed by atoms with van der Waals surface area (Å²) in [4.78, 5) is 19.9. The number of alkyl halides is 2. The van der Waals surface area contributed by atoms with E-state index in [2.05, 4.69) is 20.1 Å². The van der Waals surface area contributed by atoms with Crippen molar-refractivity contribution in [2.24, 2.45) is 0 Å². The molecule has 5 heterocycles.